The van der Waals surface area contributed by atoms with Gasteiger partial charge in [-0.25, -0.2) is 4.39 Å². The van der Waals surface area contributed by atoms with Gasteiger partial charge in [0.15, 0.2) is 5.84 Å². The Morgan fingerprint density at radius 2 is 2.26 bits per heavy atom. The molecule has 0 amide bonds. The zero-order valence-corrected chi connectivity index (χ0v) is 11.1. The van der Waals surface area contributed by atoms with E-state index in [0.29, 0.717) is 11.3 Å². The molecule has 0 radical (unpaired) electrons. The topological polar surface area (TPSA) is 71.8 Å². The molecule has 0 atom stereocenters. The monoisotopic (exact) mass is 280 g/mol. The van der Waals surface area contributed by atoms with E-state index >= 15 is 0 Å². The summed E-state index contributed by atoms with van der Waals surface area (Å²) in [5, 5.41) is 11.6. The summed E-state index contributed by atoms with van der Waals surface area (Å²) < 4.78 is 18.4. The van der Waals surface area contributed by atoms with Crippen LogP contribution in [0.25, 0.3) is 0 Å². The van der Waals surface area contributed by atoms with Gasteiger partial charge < -0.3 is 15.4 Å². The summed E-state index contributed by atoms with van der Waals surface area (Å²) in [5.41, 5.74) is 6.74. The standard InChI is InChI=1S/C13H13FN2O2S/c1-8-12(4-5-18-8)19-7-9-2-3-10(14)6-11(9)13(15)16-17/h2-6,17H,7H2,1H3,(H2,15,16). The zero-order chi connectivity index (χ0) is 13.8. The first-order valence-electron chi connectivity index (χ1n) is 5.55. The Balaban J connectivity index is 2.23. The Hall–Kier alpha value is -1.95. The fraction of sp³-hybridized carbons (Fsp3) is 0.154. The predicted molar refractivity (Wildman–Crippen MR) is 71.9 cm³/mol. The fourth-order valence-corrected chi connectivity index (χ4v) is 2.61. The van der Waals surface area contributed by atoms with Crippen LogP contribution in [0.5, 0.6) is 0 Å². The maximum absolute atomic E-state index is 13.2. The normalized spacial score (nSPS) is 11.8. The van der Waals surface area contributed by atoms with Crippen LogP contribution in [0.4, 0.5) is 4.39 Å². The molecule has 0 bridgehead atoms. The van der Waals surface area contributed by atoms with E-state index in [9.17, 15) is 4.39 Å². The Labute approximate surface area is 114 Å². The molecule has 2 aromatic rings. The molecule has 1 aromatic carbocycles. The third-order valence-corrected chi connectivity index (χ3v) is 3.84. The number of benzene rings is 1. The van der Waals surface area contributed by atoms with E-state index < -0.39 is 5.82 Å². The first-order valence-corrected chi connectivity index (χ1v) is 6.53. The Bertz CT molecular complexity index is 610. The Morgan fingerprint density at radius 1 is 1.47 bits per heavy atom. The number of nitrogens with zero attached hydrogens (tertiary/aromatic N) is 1. The van der Waals surface area contributed by atoms with Gasteiger partial charge in [-0.15, -0.1) is 11.8 Å². The van der Waals surface area contributed by atoms with E-state index in [-0.39, 0.29) is 5.84 Å². The van der Waals surface area contributed by atoms with Crippen molar-refractivity contribution in [3.05, 3.63) is 53.2 Å². The molecule has 1 aromatic heterocycles. The van der Waals surface area contributed by atoms with Gasteiger partial charge in [-0.3, -0.25) is 0 Å². The quantitative estimate of drug-likeness (QED) is 0.297. The lowest BCUT2D eigenvalue weighted by molar-refractivity contribution is 0.318. The average molecular weight is 280 g/mol. The molecule has 0 saturated heterocycles. The van der Waals surface area contributed by atoms with Crippen molar-refractivity contribution in [2.24, 2.45) is 10.9 Å². The minimum absolute atomic E-state index is 0.0981. The van der Waals surface area contributed by atoms with Crippen LogP contribution in [0.2, 0.25) is 0 Å². The van der Waals surface area contributed by atoms with E-state index in [1.807, 2.05) is 13.0 Å². The molecule has 19 heavy (non-hydrogen) atoms. The number of hydrogen-bond donors (Lipinski definition) is 2. The summed E-state index contributed by atoms with van der Waals surface area (Å²) >= 11 is 1.55. The van der Waals surface area contributed by atoms with Crippen molar-refractivity contribution in [3.8, 4) is 0 Å². The minimum atomic E-state index is -0.421. The van der Waals surface area contributed by atoms with Gasteiger partial charge in [0, 0.05) is 16.2 Å². The molecule has 2 rings (SSSR count). The highest BCUT2D eigenvalue weighted by molar-refractivity contribution is 7.98. The number of hydrogen-bond acceptors (Lipinski definition) is 4. The fourth-order valence-electron chi connectivity index (χ4n) is 1.65. The van der Waals surface area contributed by atoms with Gasteiger partial charge in [0.2, 0.25) is 0 Å². The van der Waals surface area contributed by atoms with Crippen molar-refractivity contribution in [1.29, 1.82) is 0 Å². The van der Waals surface area contributed by atoms with Gasteiger partial charge in [0.1, 0.15) is 11.6 Å². The highest BCUT2D eigenvalue weighted by Crippen LogP contribution is 2.28. The number of nitrogens with two attached hydrogens (primary N) is 1. The van der Waals surface area contributed by atoms with Crippen LogP contribution in [-0.2, 0) is 5.75 Å². The molecule has 0 spiro atoms. The Morgan fingerprint density at radius 3 is 2.89 bits per heavy atom. The molecular weight excluding hydrogens is 267 g/mol. The molecule has 3 N–H and O–H groups in total. The van der Waals surface area contributed by atoms with Crippen molar-refractivity contribution in [2.45, 2.75) is 17.6 Å². The molecule has 1 heterocycles. The average Bonchev–Trinajstić information content (AvgIpc) is 2.82. The highest BCUT2D eigenvalue weighted by atomic mass is 32.2. The summed E-state index contributed by atoms with van der Waals surface area (Å²) in [4.78, 5) is 1.01. The number of rotatable bonds is 4. The van der Waals surface area contributed by atoms with Crippen LogP contribution in [0.1, 0.15) is 16.9 Å². The molecule has 6 heteroatoms. The third kappa shape index (κ3) is 3.08. The summed E-state index contributed by atoms with van der Waals surface area (Å²) in [6.45, 7) is 1.87. The molecule has 0 aliphatic carbocycles. The number of thioether (sulfide) groups is 1. The number of amidine groups is 1. The van der Waals surface area contributed by atoms with Crippen LogP contribution in [0.3, 0.4) is 0 Å². The van der Waals surface area contributed by atoms with Gasteiger partial charge in [-0.05, 0) is 30.7 Å². The molecule has 0 fully saturated rings. The minimum Gasteiger partial charge on any atom is -0.468 e. The second-order valence-corrected chi connectivity index (χ2v) is 4.93. The maximum atomic E-state index is 13.2. The second-order valence-electron chi connectivity index (χ2n) is 3.92. The number of furan rings is 1. The van der Waals surface area contributed by atoms with Crippen LogP contribution < -0.4 is 5.73 Å². The summed E-state index contributed by atoms with van der Waals surface area (Å²) in [5.74, 6) is 0.887. The highest BCUT2D eigenvalue weighted by Gasteiger charge is 2.10. The Kier molecular flexibility index (Phi) is 4.11. The van der Waals surface area contributed by atoms with Crippen molar-refractivity contribution < 1.29 is 14.0 Å². The van der Waals surface area contributed by atoms with E-state index in [0.717, 1.165) is 16.2 Å². The first-order chi connectivity index (χ1) is 9.11. The van der Waals surface area contributed by atoms with Crippen LogP contribution in [0.15, 0.2) is 45.0 Å². The molecule has 0 aliphatic rings. The number of oxime groups is 1. The molecule has 4 nitrogen and oxygen atoms in total. The third-order valence-electron chi connectivity index (χ3n) is 2.65. The molecule has 0 unspecified atom stereocenters. The number of aryl methyl sites for hydroxylation is 1. The molecule has 100 valence electrons. The predicted octanol–water partition coefficient (Wildman–Crippen LogP) is 3.11. The second kappa shape index (κ2) is 5.79. The summed E-state index contributed by atoms with van der Waals surface area (Å²) in [6.07, 6.45) is 1.62. The first kappa shape index (κ1) is 13.5. The van der Waals surface area contributed by atoms with Gasteiger partial charge in [-0.1, -0.05) is 11.2 Å². The van der Waals surface area contributed by atoms with Crippen molar-refractivity contribution in [3.63, 3.8) is 0 Å². The largest absolute Gasteiger partial charge is 0.468 e. The van der Waals surface area contributed by atoms with Gasteiger partial charge in [-0.2, -0.15) is 0 Å². The van der Waals surface area contributed by atoms with Gasteiger partial charge >= 0.3 is 0 Å². The van der Waals surface area contributed by atoms with Crippen LogP contribution >= 0.6 is 11.8 Å². The van der Waals surface area contributed by atoms with E-state index in [2.05, 4.69) is 5.16 Å². The molecular formula is C13H13FN2O2S. The van der Waals surface area contributed by atoms with E-state index in [1.54, 1.807) is 24.1 Å². The van der Waals surface area contributed by atoms with Crippen LogP contribution in [-0.4, -0.2) is 11.0 Å². The lowest BCUT2D eigenvalue weighted by Crippen LogP contribution is -2.15. The van der Waals surface area contributed by atoms with Gasteiger partial charge in [0.25, 0.3) is 0 Å². The van der Waals surface area contributed by atoms with Crippen LogP contribution in [0, 0.1) is 12.7 Å². The van der Waals surface area contributed by atoms with Gasteiger partial charge in [0.05, 0.1) is 6.26 Å². The van der Waals surface area contributed by atoms with Crippen molar-refractivity contribution >= 4 is 17.6 Å². The molecule has 0 saturated carbocycles. The maximum Gasteiger partial charge on any atom is 0.170 e. The van der Waals surface area contributed by atoms with Crippen molar-refractivity contribution in [1.82, 2.24) is 0 Å². The van der Waals surface area contributed by atoms with Crippen molar-refractivity contribution in [2.75, 3.05) is 0 Å². The SMILES string of the molecule is Cc1occc1SCc1ccc(F)cc1/C(N)=N/O. The lowest BCUT2D eigenvalue weighted by atomic mass is 10.1. The lowest BCUT2D eigenvalue weighted by Gasteiger charge is -2.08. The van der Waals surface area contributed by atoms with E-state index in [4.69, 9.17) is 15.4 Å². The summed E-state index contributed by atoms with van der Waals surface area (Å²) in [7, 11) is 0. The van der Waals surface area contributed by atoms with E-state index in [1.165, 1.54) is 12.1 Å². The number of halogens is 1. The summed E-state index contributed by atoms with van der Waals surface area (Å²) in [6, 6.07) is 6.11. The smallest absolute Gasteiger partial charge is 0.170 e. The zero-order valence-electron chi connectivity index (χ0n) is 10.3. The molecule has 0 aliphatic heterocycles.